The van der Waals surface area contributed by atoms with Crippen LogP contribution in [-0.2, 0) is 11.3 Å². The van der Waals surface area contributed by atoms with Crippen molar-refractivity contribution in [1.82, 2.24) is 14.8 Å². The Morgan fingerprint density at radius 3 is 2.67 bits per heavy atom. The number of thiazole rings is 1. The fourth-order valence-electron chi connectivity index (χ4n) is 2.68. The molecule has 126 valence electrons. The van der Waals surface area contributed by atoms with Gasteiger partial charge in [0.1, 0.15) is 0 Å². The lowest BCUT2D eigenvalue weighted by Crippen LogP contribution is -2.37. The normalized spacial score (nSPS) is 11.4. The molecule has 0 spiro atoms. The van der Waals surface area contributed by atoms with Gasteiger partial charge in [0.2, 0.25) is 5.91 Å². The number of nitrogens with zero attached hydrogens (tertiary/aromatic N) is 4. The molecule has 1 aromatic carbocycles. The van der Waals surface area contributed by atoms with Crippen molar-refractivity contribution in [2.24, 2.45) is 5.92 Å². The molecule has 0 saturated carbocycles. The molecule has 1 amide bonds. The predicted octanol–water partition coefficient (Wildman–Crippen LogP) is 3.80. The summed E-state index contributed by atoms with van der Waals surface area (Å²) in [4.78, 5) is 19.1. The third-order valence-electron chi connectivity index (χ3n) is 3.91. The summed E-state index contributed by atoms with van der Waals surface area (Å²) in [5.74, 6) is 0.0213. The van der Waals surface area contributed by atoms with Crippen molar-refractivity contribution < 1.29 is 4.79 Å². The average molecular weight is 342 g/mol. The van der Waals surface area contributed by atoms with E-state index in [1.807, 2.05) is 62.7 Å². The summed E-state index contributed by atoms with van der Waals surface area (Å²) in [6, 6.07) is 10.0. The van der Waals surface area contributed by atoms with Gasteiger partial charge in [0.25, 0.3) is 0 Å². The summed E-state index contributed by atoms with van der Waals surface area (Å²) in [5.41, 5.74) is 3.04. The number of amides is 1. The average Bonchev–Trinajstić information content (AvgIpc) is 3.10. The maximum atomic E-state index is 12.7. The summed E-state index contributed by atoms with van der Waals surface area (Å²) < 4.78 is 3.05. The second-order valence-electron chi connectivity index (χ2n) is 6.26. The van der Waals surface area contributed by atoms with Crippen LogP contribution >= 0.6 is 11.3 Å². The third kappa shape index (κ3) is 3.33. The first-order valence-corrected chi connectivity index (χ1v) is 8.95. The number of carbonyl (C=O) groups excluding carboxylic acids is 1. The molecule has 0 atom stereocenters. The van der Waals surface area contributed by atoms with E-state index in [0.717, 1.165) is 26.7 Å². The van der Waals surface area contributed by atoms with E-state index in [1.165, 1.54) is 0 Å². The van der Waals surface area contributed by atoms with Gasteiger partial charge in [-0.05, 0) is 32.0 Å². The van der Waals surface area contributed by atoms with E-state index in [0.29, 0.717) is 13.1 Å². The molecule has 0 saturated heterocycles. The molecule has 0 radical (unpaired) electrons. The van der Waals surface area contributed by atoms with E-state index in [1.54, 1.807) is 16.2 Å². The standard InChI is InChI=1S/C18H22N4OS/c1-12(2)17(23)21(9-10-22-14(4)11-13(3)20-22)18-19-15-7-5-6-8-16(15)24-18/h5-8,11-12H,9-10H2,1-4H3. The van der Waals surface area contributed by atoms with Crippen molar-refractivity contribution >= 4 is 32.6 Å². The number of aryl methyl sites for hydroxylation is 2. The van der Waals surface area contributed by atoms with Crippen molar-refractivity contribution in [1.29, 1.82) is 0 Å². The van der Waals surface area contributed by atoms with Crippen molar-refractivity contribution in [3.63, 3.8) is 0 Å². The first-order chi connectivity index (χ1) is 11.5. The number of anilines is 1. The molecule has 3 aromatic rings. The van der Waals surface area contributed by atoms with E-state index in [4.69, 9.17) is 0 Å². The van der Waals surface area contributed by atoms with Crippen LogP contribution < -0.4 is 4.90 Å². The molecule has 3 rings (SSSR count). The molecule has 0 fully saturated rings. The highest BCUT2D eigenvalue weighted by Crippen LogP contribution is 2.29. The Bertz CT molecular complexity index is 832. The van der Waals surface area contributed by atoms with Gasteiger partial charge in [-0.3, -0.25) is 14.4 Å². The first-order valence-electron chi connectivity index (χ1n) is 8.13. The monoisotopic (exact) mass is 342 g/mol. The maximum absolute atomic E-state index is 12.7. The summed E-state index contributed by atoms with van der Waals surface area (Å²) >= 11 is 1.56. The highest BCUT2D eigenvalue weighted by Gasteiger charge is 2.22. The van der Waals surface area contributed by atoms with Gasteiger partial charge in [-0.15, -0.1) is 0 Å². The number of hydrogen-bond donors (Lipinski definition) is 0. The second-order valence-corrected chi connectivity index (χ2v) is 7.27. The van der Waals surface area contributed by atoms with Crippen molar-refractivity contribution in [3.05, 3.63) is 41.7 Å². The Kier molecular flexibility index (Phi) is 4.66. The summed E-state index contributed by atoms with van der Waals surface area (Å²) in [6.45, 7) is 9.09. The number of hydrogen-bond acceptors (Lipinski definition) is 4. The largest absolute Gasteiger partial charge is 0.286 e. The minimum Gasteiger partial charge on any atom is -0.286 e. The van der Waals surface area contributed by atoms with Gasteiger partial charge in [-0.25, -0.2) is 4.98 Å². The van der Waals surface area contributed by atoms with Gasteiger partial charge < -0.3 is 0 Å². The molecule has 5 nitrogen and oxygen atoms in total. The summed E-state index contributed by atoms with van der Waals surface area (Å²) in [5, 5.41) is 5.25. The lowest BCUT2D eigenvalue weighted by Gasteiger charge is -2.22. The zero-order chi connectivity index (χ0) is 17.3. The molecule has 24 heavy (non-hydrogen) atoms. The Hall–Kier alpha value is -2.21. The topological polar surface area (TPSA) is 51.0 Å². The third-order valence-corrected chi connectivity index (χ3v) is 4.97. The van der Waals surface area contributed by atoms with Crippen molar-refractivity contribution in [2.45, 2.75) is 34.2 Å². The second kappa shape index (κ2) is 6.73. The van der Waals surface area contributed by atoms with Gasteiger partial charge in [0, 0.05) is 18.2 Å². The van der Waals surface area contributed by atoms with Crippen LogP contribution in [0.1, 0.15) is 25.2 Å². The lowest BCUT2D eigenvalue weighted by molar-refractivity contribution is -0.121. The number of carbonyl (C=O) groups is 1. The lowest BCUT2D eigenvalue weighted by atomic mass is 10.2. The quantitative estimate of drug-likeness (QED) is 0.709. The Balaban J connectivity index is 1.88. The molecule has 0 unspecified atom stereocenters. The Morgan fingerprint density at radius 2 is 2.04 bits per heavy atom. The fraction of sp³-hybridized carbons (Fsp3) is 0.389. The predicted molar refractivity (Wildman–Crippen MR) is 98.5 cm³/mol. The minimum atomic E-state index is -0.0718. The summed E-state index contributed by atoms with van der Waals surface area (Å²) in [7, 11) is 0. The zero-order valence-corrected chi connectivity index (χ0v) is 15.3. The molecular weight excluding hydrogens is 320 g/mol. The van der Waals surface area contributed by atoms with Gasteiger partial charge in [-0.2, -0.15) is 5.10 Å². The van der Waals surface area contributed by atoms with Gasteiger partial charge in [-0.1, -0.05) is 37.3 Å². The molecule has 6 heteroatoms. The Labute approximate surface area is 145 Å². The van der Waals surface area contributed by atoms with E-state index >= 15 is 0 Å². The smallest absolute Gasteiger partial charge is 0.231 e. The van der Waals surface area contributed by atoms with Crippen LogP contribution in [0.15, 0.2) is 30.3 Å². The molecule has 0 aliphatic rings. The molecule has 0 N–H and O–H groups in total. The number of para-hydroxylation sites is 1. The number of benzene rings is 1. The van der Waals surface area contributed by atoms with E-state index in [9.17, 15) is 4.79 Å². The highest BCUT2D eigenvalue weighted by atomic mass is 32.1. The molecule has 2 heterocycles. The van der Waals surface area contributed by atoms with Gasteiger partial charge in [0.15, 0.2) is 5.13 Å². The number of fused-ring (bicyclic) bond motifs is 1. The van der Waals surface area contributed by atoms with Crippen LogP contribution in [0.25, 0.3) is 10.2 Å². The van der Waals surface area contributed by atoms with Crippen molar-refractivity contribution in [2.75, 3.05) is 11.4 Å². The van der Waals surface area contributed by atoms with Crippen LogP contribution in [0.4, 0.5) is 5.13 Å². The van der Waals surface area contributed by atoms with Crippen molar-refractivity contribution in [3.8, 4) is 0 Å². The molecule has 0 aliphatic carbocycles. The number of aromatic nitrogens is 3. The van der Waals surface area contributed by atoms with Crippen LogP contribution in [0.3, 0.4) is 0 Å². The zero-order valence-electron chi connectivity index (χ0n) is 14.5. The van der Waals surface area contributed by atoms with Gasteiger partial charge in [0.05, 0.1) is 22.5 Å². The van der Waals surface area contributed by atoms with Crippen LogP contribution in [-0.4, -0.2) is 27.2 Å². The van der Waals surface area contributed by atoms with E-state index < -0.39 is 0 Å². The molecule has 0 aliphatic heterocycles. The van der Waals surface area contributed by atoms with Gasteiger partial charge >= 0.3 is 0 Å². The van der Waals surface area contributed by atoms with E-state index in [2.05, 4.69) is 10.1 Å². The highest BCUT2D eigenvalue weighted by molar-refractivity contribution is 7.22. The SMILES string of the molecule is Cc1cc(C)n(CCN(C(=O)C(C)C)c2nc3ccccc3s2)n1. The van der Waals surface area contributed by atoms with Crippen LogP contribution in [0.2, 0.25) is 0 Å². The van der Waals surface area contributed by atoms with Crippen LogP contribution in [0, 0.1) is 19.8 Å². The molecule has 2 aromatic heterocycles. The minimum absolute atomic E-state index is 0.0718. The first kappa shape index (κ1) is 16.6. The number of rotatable bonds is 5. The molecular formula is C18H22N4OS. The van der Waals surface area contributed by atoms with Crippen LogP contribution in [0.5, 0.6) is 0 Å². The summed E-state index contributed by atoms with van der Waals surface area (Å²) in [6.07, 6.45) is 0. The van der Waals surface area contributed by atoms with E-state index in [-0.39, 0.29) is 11.8 Å². The fourth-order valence-corrected chi connectivity index (χ4v) is 3.68. The maximum Gasteiger partial charge on any atom is 0.231 e. The molecule has 0 bridgehead atoms. The Morgan fingerprint density at radius 1 is 1.29 bits per heavy atom.